The van der Waals surface area contributed by atoms with Crippen LogP contribution in [-0.4, -0.2) is 30.3 Å². The summed E-state index contributed by atoms with van der Waals surface area (Å²) in [6.45, 7) is 2.72. The fourth-order valence-electron chi connectivity index (χ4n) is 1.41. The van der Waals surface area contributed by atoms with Crippen molar-refractivity contribution in [2.24, 2.45) is 0 Å². The number of thioether (sulfide) groups is 1. The standard InChI is InChI=1S/C13H18O3S2/c1-3-18-8-4-7-16-12-9-10(15-2)5-6-11(12)13(14)17/h5-6,9H,3-4,7-8H2,1-2H3,(H,14,17). The number of methoxy groups -OCH3 is 1. The summed E-state index contributed by atoms with van der Waals surface area (Å²) in [7, 11) is 1.58. The Balaban J connectivity index is 2.63. The fourth-order valence-corrected chi connectivity index (χ4v) is 2.21. The molecule has 0 saturated heterocycles. The van der Waals surface area contributed by atoms with E-state index < -0.39 is 0 Å². The van der Waals surface area contributed by atoms with Crippen LogP contribution < -0.4 is 9.47 Å². The van der Waals surface area contributed by atoms with Gasteiger partial charge in [-0.25, -0.2) is 0 Å². The Bertz CT molecular complexity index is 394. The maximum Gasteiger partial charge on any atom is 0.220 e. The second kappa shape index (κ2) is 8.32. The largest absolute Gasteiger partial charge is 0.497 e. The molecule has 0 aliphatic rings. The summed E-state index contributed by atoms with van der Waals surface area (Å²) in [5.74, 6) is 3.38. The molecule has 0 aliphatic heterocycles. The van der Waals surface area contributed by atoms with Crippen LogP contribution in [0.15, 0.2) is 18.2 Å². The number of rotatable bonds is 8. The summed E-state index contributed by atoms with van der Waals surface area (Å²) >= 11 is 5.71. The van der Waals surface area contributed by atoms with Crippen LogP contribution in [-0.2, 0) is 0 Å². The van der Waals surface area contributed by atoms with Crippen LogP contribution in [0, 0.1) is 0 Å². The van der Waals surface area contributed by atoms with E-state index in [2.05, 4.69) is 19.6 Å². The van der Waals surface area contributed by atoms with E-state index in [1.165, 1.54) is 0 Å². The van der Waals surface area contributed by atoms with Gasteiger partial charge < -0.3 is 9.47 Å². The molecule has 18 heavy (non-hydrogen) atoms. The zero-order chi connectivity index (χ0) is 13.4. The molecule has 0 radical (unpaired) electrons. The second-order valence-corrected chi connectivity index (χ2v) is 5.37. The van der Waals surface area contributed by atoms with Gasteiger partial charge >= 0.3 is 0 Å². The van der Waals surface area contributed by atoms with Gasteiger partial charge in [0, 0.05) is 6.07 Å². The first-order chi connectivity index (χ1) is 8.69. The molecular weight excluding hydrogens is 268 g/mol. The predicted molar refractivity (Wildman–Crippen MR) is 79.4 cm³/mol. The molecule has 1 aromatic carbocycles. The van der Waals surface area contributed by atoms with Gasteiger partial charge in [-0.05, 0) is 30.1 Å². The Hall–Kier alpha value is -0.810. The summed E-state index contributed by atoms with van der Waals surface area (Å²) < 4.78 is 10.7. The molecule has 1 rings (SSSR count). The van der Waals surface area contributed by atoms with Crippen LogP contribution in [0.5, 0.6) is 11.5 Å². The maximum atomic E-state index is 11.3. The molecule has 0 N–H and O–H groups in total. The molecule has 0 saturated carbocycles. The monoisotopic (exact) mass is 286 g/mol. The molecule has 3 nitrogen and oxygen atoms in total. The first kappa shape index (κ1) is 15.2. The van der Waals surface area contributed by atoms with Gasteiger partial charge in [0.15, 0.2) is 0 Å². The number of ether oxygens (including phenoxy) is 2. The van der Waals surface area contributed by atoms with E-state index in [-0.39, 0.29) is 5.12 Å². The molecule has 0 unspecified atom stereocenters. The summed E-state index contributed by atoms with van der Waals surface area (Å²) in [5.41, 5.74) is 0.474. The van der Waals surface area contributed by atoms with Crippen LogP contribution in [0.2, 0.25) is 0 Å². The molecule has 0 aliphatic carbocycles. The zero-order valence-electron chi connectivity index (χ0n) is 10.6. The number of thiol groups is 1. The van der Waals surface area contributed by atoms with Gasteiger partial charge in [0.2, 0.25) is 5.12 Å². The molecule has 1 aromatic rings. The minimum Gasteiger partial charge on any atom is -0.497 e. The van der Waals surface area contributed by atoms with Crippen LogP contribution in [0.1, 0.15) is 23.7 Å². The normalized spacial score (nSPS) is 10.2. The van der Waals surface area contributed by atoms with Crippen molar-refractivity contribution >= 4 is 29.5 Å². The minimum absolute atomic E-state index is 0.296. The average Bonchev–Trinajstić information content (AvgIpc) is 2.38. The highest BCUT2D eigenvalue weighted by Gasteiger charge is 2.10. The lowest BCUT2D eigenvalue weighted by molar-refractivity contribution is 0.108. The van der Waals surface area contributed by atoms with Crippen molar-refractivity contribution < 1.29 is 14.3 Å². The number of benzene rings is 1. The molecule has 0 heterocycles. The lowest BCUT2D eigenvalue weighted by atomic mass is 10.2. The predicted octanol–water partition coefficient (Wildman–Crippen LogP) is 3.29. The van der Waals surface area contributed by atoms with Crippen molar-refractivity contribution in [2.75, 3.05) is 25.2 Å². The van der Waals surface area contributed by atoms with Crippen LogP contribution in [0.3, 0.4) is 0 Å². The molecule has 100 valence electrons. The van der Waals surface area contributed by atoms with E-state index in [0.29, 0.717) is 23.7 Å². The fraction of sp³-hybridized carbons (Fsp3) is 0.462. The van der Waals surface area contributed by atoms with E-state index in [9.17, 15) is 4.79 Å². The van der Waals surface area contributed by atoms with Gasteiger partial charge in [-0.3, -0.25) is 4.79 Å². The lowest BCUT2D eigenvalue weighted by Crippen LogP contribution is -2.03. The molecule has 0 bridgehead atoms. The van der Waals surface area contributed by atoms with E-state index in [1.54, 1.807) is 25.3 Å². The Kier molecular flexibility index (Phi) is 7.05. The Labute approximate surface area is 118 Å². The quantitative estimate of drug-likeness (QED) is 0.587. The highest BCUT2D eigenvalue weighted by atomic mass is 32.2. The Morgan fingerprint density at radius 3 is 2.83 bits per heavy atom. The molecule has 0 fully saturated rings. The number of carbonyl (C=O) groups excluding carboxylic acids is 1. The van der Waals surface area contributed by atoms with E-state index in [0.717, 1.165) is 17.9 Å². The number of hydrogen-bond donors (Lipinski definition) is 1. The topological polar surface area (TPSA) is 35.5 Å². The summed E-state index contributed by atoms with van der Waals surface area (Å²) in [5, 5.41) is -0.296. The van der Waals surface area contributed by atoms with Crippen molar-refractivity contribution in [2.45, 2.75) is 13.3 Å². The van der Waals surface area contributed by atoms with Gasteiger partial charge in [0.1, 0.15) is 11.5 Å². The van der Waals surface area contributed by atoms with Crippen LogP contribution >= 0.6 is 24.4 Å². The third-order valence-corrected chi connectivity index (χ3v) is 3.54. The number of carbonyl (C=O) groups is 1. The zero-order valence-corrected chi connectivity index (χ0v) is 12.4. The van der Waals surface area contributed by atoms with Gasteiger partial charge in [-0.2, -0.15) is 11.8 Å². The van der Waals surface area contributed by atoms with Crippen LogP contribution in [0.25, 0.3) is 0 Å². The maximum absolute atomic E-state index is 11.3. The molecular formula is C13H18O3S2. The second-order valence-electron chi connectivity index (χ2n) is 3.57. The third kappa shape index (κ3) is 4.82. The van der Waals surface area contributed by atoms with Gasteiger partial charge in [0.05, 0.1) is 19.3 Å². The van der Waals surface area contributed by atoms with Gasteiger partial charge in [-0.1, -0.05) is 6.92 Å². The lowest BCUT2D eigenvalue weighted by Gasteiger charge is -2.11. The van der Waals surface area contributed by atoms with Crippen LogP contribution in [0.4, 0.5) is 0 Å². The Morgan fingerprint density at radius 1 is 1.44 bits per heavy atom. The highest BCUT2D eigenvalue weighted by Crippen LogP contribution is 2.26. The summed E-state index contributed by atoms with van der Waals surface area (Å²) in [6, 6.07) is 5.12. The SMILES string of the molecule is CCSCCCOc1cc(OC)ccc1C(=O)S. The van der Waals surface area contributed by atoms with E-state index in [4.69, 9.17) is 9.47 Å². The minimum atomic E-state index is -0.296. The van der Waals surface area contributed by atoms with Crippen molar-refractivity contribution in [1.29, 1.82) is 0 Å². The van der Waals surface area contributed by atoms with Crippen molar-refractivity contribution in [3.63, 3.8) is 0 Å². The molecule has 0 spiro atoms. The third-order valence-electron chi connectivity index (χ3n) is 2.31. The summed E-state index contributed by atoms with van der Waals surface area (Å²) in [4.78, 5) is 11.3. The van der Waals surface area contributed by atoms with Gasteiger partial charge in [-0.15, -0.1) is 12.6 Å². The first-order valence-corrected chi connectivity index (χ1v) is 7.41. The molecule has 0 atom stereocenters. The average molecular weight is 286 g/mol. The smallest absolute Gasteiger partial charge is 0.220 e. The molecule has 0 aromatic heterocycles. The number of hydrogen-bond acceptors (Lipinski definition) is 4. The van der Waals surface area contributed by atoms with Crippen molar-refractivity contribution in [3.8, 4) is 11.5 Å². The summed E-state index contributed by atoms with van der Waals surface area (Å²) in [6.07, 6.45) is 0.954. The molecule has 0 amide bonds. The van der Waals surface area contributed by atoms with Crippen molar-refractivity contribution in [3.05, 3.63) is 23.8 Å². The van der Waals surface area contributed by atoms with E-state index >= 15 is 0 Å². The first-order valence-electron chi connectivity index (χ1n) is 5.81. The molecule has 5 heteroatoms. The van der Waals surface area contributed by atoms with E-state index in [1.807, 2.05) is 11.8 Å². The van der Waals surface area contributed by atoms with Crippen molar-refractivity contribution in [1.82, 2.24) is 0 Å². The highest BCUT2D eigenvalue weighted by molar-refractivity contribution is 7.99. The van der Waals surface area contributed by atoms with Gasteiger partial charge in [0.25, 0.3) is 0 Å². The Morgan fingerprint density at radius 2 is 2.22 bits per heavy atom.